The lowest BCUT2D eigenvalue weighted by atomic mass is 10.1. The minimum Gasteiger partial charge on any atom is -0.490 e. The minimum atomic E-state index is 0.596. The van der Waals surface area contributed by atoms with Gasteiger partial charge in [-0.3, -0.25) is 0 Å². The van der Waals surface area contributed by atoms with Crippen molar-refractivity contribution in [3.05, 3.63) is 41.5 Å². The van der Waals surface area contributed by atoms with E-state index in [0.29, 0.717) is 13.2 Å². The van der Waals surface area contributed by atoms with Crippen molar-refractivity contribution in [2.24, 2.45) is 0 Å². The molecule has 0 spiro atoms. The fourth-order valence-electron chi connectivity index (χ4n) is 3.48. The van der Waals surface area contributed by atoms with Crippen molar-refractivity contribution in [2.45, 2.75) is 45.5 Å². The standard InChI is InChI=1S/C23H31N3O2S/c1-6-26(7-2)20-12-10-11-16(5)17(20)15-29-23-24-18-13-21(27-8-3)22(28-9-4)14-19(18)25-23/h10-14H,6-9,15H2,1-5H3,(H,24,25). The van der Waals surface area contributed by atoms with Gasteiger partial charge in [0.15, 0.2) is 16.7 Å². The van der Waals surface area contributed by atoms with Gasteiger partial charge in [-0.15, -0.1) is 0 Å². The second kappa shape index (κ2) is 9.92. The van der Waals surface area contributed by atoms with Gasteiger partial charge in [0.05, 0.1) is 24.2 Å². The Balaban J connectivity index is 1.86. The van der Waals surface area contributed by atoms with Crippen LogP contribution in [-0.2, 0) is 5.75 Å². The van der Waals surface area contributed by atoms with Gasteiger partial charge in [-0.1, -0.05) is 23.9 Å². The highest BCUT2D eigenvalue weighted by molar-refractivity contribution is 7.98. The van der Waals surface area contributed by atoms with Crippen LogP contribution in [0, 0.1) is 6.92 Å². The van der Waals surface area contributed by atoms with Crippen molar-refractivity contribution in [3.63, 3.8) is 0 Å². The lowest BCUT2D eigenvalue weighted by molar-refractivity contribution is 0.288. The zero-order valence-corrected chi connectivity index (χ0v) is 18.9. The summed E-state index contributed by atoms with van der Waals surface area (Å²) in [4.78, 5) is 10.6. The molecule has 1 aromatic heterocycles. The summed E-state index contributed by atoms with van der Waals surface area (Å²) < 4.78 is 11.5. The van der Waals surface area contributed by atoms with Gasteiger partial charge in [0.25, 0.3) is 0 Å². The number of thioether (sulfide) groups is 1. The van der Waals surface area contributed by atoms with Crippen LogP contribution in [0.25, 0.3) is 11.0 Å². The predicted molar refractivity (Wildman–Crippen MR) is 123 cm³/mol. The van der Waals surface area contributed by atoms with Crippen LogP contribution in [0.5, 0.6) is 11.5 Å². The summed E-state index contributed by atoms with van der Waals surface area (Å²) in [6, 6.07) is 10.5. The number of ether oxygens (including phenoxy) is 2. The van der Waals surface area contributed by atoms with Crippen molar-refractivity contribution >= 4 is 28.5 Å². The Morgan fingerprint density at radius 2 is 1.69 bits per heavy atom. The van der Waals surface area contributed by atoms with Gasteiger partial charge in [0.1, 0.15) is 0 Å². The van der Waals surface area contributed by atoms with Gasteiger partial charge in [-0.05, 0) is 51.8 Å². The van der Waals surface area contributed by atoms with Gasteiger partial charge in [0, 0.05) is 36.7 Å². The van der Waals surface area contributed by atoms with E-state index in [9.17, 15) is 0 Å². The molecule has 156 valence electrons. The number of aromatic amines is 1. The Hall–Kier alpha value is -2.34. The average Bonchev–Trinajstić information content (AvgIpc) is 3.10. The second-order valence-electron chi connectivity index (χ2n) is 6.76. The number of nitrogens with one attached hydrogen (secondary N) is 1. The predicted octanol–water partition coefficient (Wildman–Crippen LogP) is 5.81. The molecule has 0 amide bonds. The summed E-state index contributed by atoms with van der Waals surface area (Å²) in [5, 5.41) is 0.907. The van der Waals surface area contributed by atoms with Gasteiger partial charge >= 0.3 is 0 Å². The smallest absolute Gasteiger partial charge is 0.166 e. The lowest BCUT2D eigenvalue weighted by Gasteiger charge is -2.25. The molecule has 1 heterocycles. The highest BCUT2D eigenvalue weighted by atomic mass is 32.2. The zero-order chi connectivity index (χ0) is 20.8. The number of aryl methyl sites for hydroxylation is 1. The lowest BCUT2D eigenvalue weighted by Crippen LogP contribution is -2.23. The third-order valence-corrected chi connectivity index (χ3v) is 5.87. The molecule has 0 unspecified atom stereocenters. The largest absolute Gasteiger partial charge is 0.490 e. The zero-order valence-electron chi connectivity index (χ0n) is 18.0. The van der Waals surface area contributed by atoms with Crippen molar-refractivity contribution in [1.29, 1.82) is 0 Å². The van der Waals surface area contributed by atoms with Crippen LogP contribution >= 0.6 is 11.8 Å². The number of fused-ring (bicyclic) bond motifs is 1. The van der Waals surface area contributed by atoms with E-state index in [-0.39, 0.29) is 0 Å². The molecule has 1 N–H and O–H groups in total. The molecule has 0 bridgehead atoms. The monoisotopic (exact) mass is 413 g/mol. The Morgan fingerprint density at radius 1 is 1.00 bits per heavy atom. The molecule has 29 heavy (non-hydrogen) atoms. The van der Waals surface area contributed by atoms with Gasteiger partial charge in [-0.2, -0.15) is 0 Å². The Morgan fingerprint density at radius 3 is 2.34 bits per heavy atom. The summed E-state index contributed by atoms with van der Waals surface area (Å²) in [7, 11) is 0. The fraction of sp³-hybridized carbons (Fsp3) is 0.435. The summed E-state index contributed by atoms with van der Waals surface area (Å²) in [5.41, 5.74) is 5.86. The van der Waals surface area contributed by atoms with Crippen LogP contribution in [0.2, 0.25) is 0 Å². The van der Waals surface area contributed by atoms with E-state index >= 15 is 0 Å². The van der Waals surface area contributed by atoms with E-state index in [1.807, 2.05) is 26.0 Å². The first-order valence-corrected chi connectivity index (χ1v) is 11.3. The second-order valence-corrected chi connectivity index (χ2v) is 7.72. The van der Waals surface area contributed by atoms with Crippen molar-refractivity contribution in [2.75, 3.05) is 31.2 Å². The average molecular weight is 414 g/mol. The molecule has 0 atom stereocenters. The van der Waals surface area contributed by atoms with Crippen LogP contribution < -0.4 is 14.4 Å². The molecule has 5 nitrogen and oxygen atoms in total. The van der Waals surface area contributed by atoms with Crippen molar-refractivity contribution in [1.82, 2.24) is 9.97 Å². The number of hydrogen-bond donors (Lipinski definition) is 1. The third-order valence-electron chi connectivity index (χ3n) is 4.97. The molecule has 0 aliphatic carbocycles. The number of imidazole rings is 1. The first kappa shape index (κ1) is 21.4. The van der Waals surface area contributed by atoms with E-state index in [1.165, 1.54) is 16.8 Å². The highest BCUT2D eigenvalue weighted by Crippen LogP contribution is 2.35. The number of aromatic nitrogens is 2. The van der Waals surface area contributed by atoms with Crippen molar-refractivity contribution in [3.8, 4) is 11.5 Å². The molecule has 0 radical (unpaired) electrons. The Bertz CT molecular complexity index is 908. The molecule has 0 aliphatic heterocycles. The maximum absolute atomic E-state index is 5.73. The van der Waals surface area contributed by atoms with Gasteiger partial charge in [-0.25, -0.2) is 4.98 Å². The first-order chi connectivity index (χ1) is 14.1. The van der Waals surface area contributed by atoms with Crippen LogP contribution in [0.4, 0.5) is 5.69 Å². The van der Waals surface area contributed by atoms with Crippen LogP contribution in [0.15, 0.2) is 35.5 Å². The first-order valence-electron chi connectivity index (χ1n) is 10.4. The van der Waals surface area contributed by atoms with E-state index in [2.05, 4.69) is 48.9 Å². The SMILES string of the molecule is CCOc1cc2nc(SCc3c(C)cccc3N(CC)CC)[nH]c2cc1OCC. The summed E-state index contributed by atoms with van der Waals surface area (Å²) in [5.74, 6) is 2.37. The summed E-state index contributed by atoms with van der Waals surface area (Å²) >= 11 is 1.73. The van der Waals surface area contributed by atoms with E-state index in [1.54, 1.807) is 11.8 Å². The van der Waals surface area contributed by atoms with E-state index in [4.69, 9.17) is 14.5 Å². The van der Waals surface area contributed by atoms with Gasteiger partial charge < -0.3 is 19.4 Å². The fourth-order valence-corrected chi connectivity index (χ4v) is 4.48. The molecule has 0 saturated heterocycles. The number of hydrogen-bond acceptors (Lipinski definition) is 5. The van der Waals surface area contributed by atoms with Crippen LogP contribution in [0.3, 0.4) is 0 Å². The molecular weight excluding hydrogens is 382 g/mol. The maximum atomic E-state index is 5.73. The van der Waals surface area contributed by atoms with Crippen molar-refractivity contribution < 1.29 is 9.47 Å². The molecule has 0 fully saturated rings. The number of H-pyrrole nitrogens is 1. The highest BCUT2D eigenvalue weighted by Gasteiger charge is 2.14. The Kier molecular flexibility index (Phi) is 7.31. The molecule has 6 heteroatoms. The minimum absolute atomic E-state index is 0.596. The topological polar surface area (TPSA) is 50.4 Å². The number of nitrogens with zero attached hydrogens (tertiary/aromatic N) is 2. The van der Waals surface area contributed by atoms with E-state index < -0.39 is 0 Å². The molecule has 0 aliphatic rings. The van der Waals surface area contributed by atoms with E-state index in [0.717, 1.165) is 46.5 Å². The molecule has 3 aromatic rings. The van der Waals surface area contributed by atoms with Gasteiger partial charge in [0.2, 0.25) is 0 Å². The third kappa shape index (κ3) is 4.81. The number of rotatable bonds is 10. The number of anilines is 1. The number of benzene rings is 2. The normalized spacial score (nSPS) is 11.1. The molecule has 3 rings (SSSR count). The Labute approximate surface area is 177 Å². The molecular formula is C23H31N3O2S. The van der Waals surface area contributed by atoms with Crippen LogP contribution in [-0.4, -0.2) is 36.3 Å². The maximum Gasteiger partial charge on any atom is 0.166 e. The summed E-state index contributed by atoms with van der Waals surface area (Å²) in [6.07, 6.45) is 0. The quantitative estimate of drug-likeness (QED) is 0.425. The van der Waals surface area contributed by atoms with Crippen LogP contribution in [0.1, 0.15) is 38.8 Å². The molecule has 0 saturated carbocycles. The molecule has 2 aromatic carbocycles. The summed E-state index contributed by atoms with van der Waals surface area (Å²) in [6.45, 7) is 13.7.